The van der Waals surface area contributed by atoms with Crippen LogP contribution in [0.5, 0.6) is 0 Å². The van der Waals surface area contributed by atoms with Gasteiger partial charge >= 0.3 is 5.97 Å². The lowest BCUT2D eigenvalue weighted by molar-refractivity contribution is -0.146. The molecule has 0 bridgehead atoms. The molecule has 1 heterocycles. The Morgan fingerprint density at radius 3 is 2.36 bits per heavy atom. The van der Waals surface area contributed by atoms with Crippen molar-refractivity contribution >= 4 is 23.5 Å². The standard InChI is InChI=1S/C20H30N4O4/c1-6-24-10-16(17(23-24)19(26)21-9-11(2)3)22-18(25)14-7-12(4)13(5)8-15(14)20(27)28/h10-11,14-15H,6-9H2,1-5H3,(H,21,26)(H,22,25)(H,27,28)/t14-,15-/m0/s1. The Labute approximate surface area is 165 Å². The first kappa shape index (κ1) is 21.7. The number of amides is 2. The summed E-state index contributed by atoms with van der Waals surface area (Å²) in [5, 5.41) is 19.4. The third-order valence-corrected chi connectivity index (χ3v) is 5.15. The van der Waals surface area contributed by atoms with Crippen molar-refractivity contribution in [3.63, 3.8) is 0 Å². The number of nitrogens with one attached hydrogen (secondary N) is 2. The molecule has 0 unspecified atom stereocenters. The fourth-order valence-corrected chi connectivity index (χ4v) is 3.28. The number of anilines is 1. The number of carboxylic acids is 1. The van der Waals surface area contributed by atoms with Crippen LogP contribution in [-0.2, 0) is 16.1 Å². The molecular formula is C20H30N4O4. The molecule has 0 aliphatic heterocycles. The molecule has 1 aliphatic rings. The molecule has 8 nitrogen and oxygen atoms in total. The van der Waals surface area contributed by atoms with Gasteiger partial charge in [-0.15, -0.1) is 0 Å². The predicted octanol–water partition coefficient (Wildman–Crippen LogP) is 2.67. The number of hydrogen-bond acceptors (Lipinski definition) is 4. The maximum atomic E-state index is 12.9. The predicted molar refractivity (Wildman–Crippen MR) is 106 cm³/mol. The highest BCUT2D eigenvalue weighted by atomic mass is 16.4. The third kappa shape index (κ3) is 4.99. The lowest BCUT2D eigenvalue weighted by atomic mass is 9.76. The highest BCUT2D eigenvalue weighted by Crippen LogP contribution is 2.35. The minimum Gasteiger partial charge on any atom is -0.481 e. The number of aryl methyl sites for hydroxylation is 1. The fourth-order valence-electron chi connectivity index (χ4n) is 3.28. The Morgan fingerprint density at radius 2 is 1.82 bits per heavy atom. The summed E-state index contributed by atoms with van der Waals surface area (Å²) < 4.78 is 1.57. The van der Waals surface area contributed by atoms with E-state index in [-0.39, 0.29) is 17.5 Å². The number of nitrogens with zero attached hydrogens (tertiary/aromatic N) is 2. The highest BCUT2D eigenvalue weighted by Gasteiger charge is 2.37. The van der Waals surface area contributed by atoms with E-state index in [1.54, 1.807) is 10.9 Å². The molecular weight excluding hydrogens is 360 g/mol. The zero-order chi connectivity index (χ0) is 21.0. The van der Waals surface area contributed by atoms with Crippen LogP contribution in [0.4, 0.5) is 5.69 Å². The molecule has 2 atom stereocenters. The Hall–Kier alpha value is -2.64. The largest absolute Gasteiger partial charge is 0.481 e. The Balaban J connectivity index is 2.24. The van der Waals surface area contributed by atoms with E-state index in [9.17, 15) is 19.5 Å². The molecule has 1 aliphatic carbocycles. The average Bonchev–Trinajstić information content (AvgIpc) is 3.04. The maximum absolute atomic E-state index is 12.9. The summed E-state index contributed by atoms with van der Waals surface area (Å²) in [4.78, 5) is 37.1. The summed E-state index contributed by atoms with van der Waals surface area (Å²) in [6.45, 7) is 10.7. The molecule has 0 radical (unpaired) electrons. The van der Waals surface area contributed by atoms with Crippen molar-refractivity contribution in [3.8, 4) is 0 Å². The summed E-state index contributed by atoms with van der Waals surface area (Å²) in [5.74, 6) is -2.91. The molecule has 1 aromatic rings. The Bertz CT molecular complexity index is 794. The first-order valence-corrected chi connectivity index (χ1v) is 9.68. The van der Waals surface area contributed by atoms with Crippen molar-refractivity contribution in [2.24, 2.45) is 17.8 Å². The normalized spacial score (nSPS) is 19.6. The van der Waals surface area contributed by atoms with Crippen LogP contribution in [0.1, 0.15) is 57.9 Å². The molecule has 154 valence electrons. The van der Waals surface area contributed by atoms with Crippen LogP contribution in [0.25, 0.3) is 0 Å². The number of aliphatic carboxylic acids is 1. The van der Waals surface area contributed by atoms with Crippen LogP contribution >= 0.6 is 0 Å². The minimum absolute atomic E-state index is 0.141. The number of rotatable bonds is 7. The van der Waals surface area contributed by atoms with Crippen molar-refractivity contribution in [2.75, 3.05) is 11.9 Å². The van der Waals surface area contributed by atoms with Gasteiger partial charge in [0.05, 0.1) is 17.5 Å². The van der Waals surface area contributed by atoms with Crippen LogP contribution in [0.3, 0.4) is 0 Å². The summed E-state index contributed by atoms with van der Waals surface area (Å²) in [6, 6.07) is 0. The van der Waals surface area contributed by atoms with E-state index < -0.39 is 23.7 Å². The monoisotopic (exact) mass is 390 g/mol. The second-order valence-corrected chi connectivity index (χ2v) is 7.86. The molecule has 2 amide bonds. The van der Waals surface area contributed by atoms with Crippen molar-refractivity contribution in [1.29, 1.82) is 0 Å². The van der Waals surface area contributed by atoms with Gasteiger partial charge in [0.2, 0.25) is 5.91 Å². The van der Waals surface area contributed by atoms with Crippen LogP contribution in [0.15, 0.2) is 17.3 Å². The van der Waals surface area contributed by atoms with Gasteiger partial charge in [0.15, 0.2) is 5.69 Å². The molecule has 1 aromatic heterocycles. The molecule has 28 heavy (non-hydrogen) atoms. The lowest BCUT2D eigenvalue weighted by Crippen LogP contribution is -2.37. The zero-order valence-corrected chi connectivity index (χ0v) is 17.2. The molecule has 0 spiro atoms. The van der Waals surface area contributed by atoms with Gasteiger partial charge < -0.3 is 15.7 Å². The smallest absolute Gasteiger partial charge is 0.307 e. The molecule has 0 saturated carbocycles. The SMILES string of the molecule is CCn1cc(NC(=O)[C@H]2CC(C)=C(C)C[C@@H]2C(=O)O)c(C(=O)NCC(C)C)n1. The van der Waals surface area contributed by atoms with Crippen LogP contribution in [0.2, 0.25) is 0 Å². The zero-order valence-electron chi connectivity index (χ0n) is 17.2. The van der Waals surface area contributed by atoms with Crippen molar-refractivity contribution in [2.45, 2.75) is 54.0 Å². The van der Waals surface area contributed by atoms with Crippen molar-refractivity contribution in [1.82, 2.24) is 15.1 Å². The van der Waals surface area contributed by atoms with Gasteiger partial charge in [-0.2, -0.15) is 5.10 Å². The van der Waals surface area contributed by atoms with E-state index in [1.165, 1.54) is 0 Å². The van der Waals surface area contributed by atoms with E-state index in [4.69, 9.17) is 0 Å². The molecule has 3 N–H and O–H groups in total. The molecule has 8 heteroatoms. The topological polar surface area (TPSA) is 113 Å². The summed E-state index contributed by atoms with van der Waals surface area (Å²) in [7, 11) is 0. The number of carbonyl (C=O) groups excluding carboxylic acids is 2. The van der Waals surface area contributed by atoms with Gasteiger partial charge in [0.25, 0.3) is 5.91 Å². The molecule has 0 fully saturated rings. The third-order valence-electron chi connectivity index (χ3n) is 5.15. The van der Waals surface area contributed by atoms with E-state index in [0.29, 0.717) is 31.6 Å². The first-order valence-electron chi connectivity index (χ1n) is 9.68. The molecule has 0 saturated heterocycles. The van der Waals surface area contributed by atoms with Crippen molar-refractivity contribution < 1.29 is 19.5 Å². The highest BCUT2D eigenvalue weighted by molar-refractivity contribution is 6.03. The van der Waals surface area contributed by atoms with Gasteiger partial charge in [0.1, 0.15) is 0 Å². The van der Waals surface area contributed by atoms with E-state index >= 15 is 0 Å². The lowest BCUT2D eigenvalue weighted by Gasteiger charge is -2.29. The van der Waals surface area contributed by atoms with Crippen LogP contribution in [0, 0.1) is 17.8 Å². The van der Waals surface area contributed by atoms with E-state index in [1.807, 2.05) is 34.6 Å². The Morgan fingerprint density at radius 1 is 1.21 bits per heavy atom. The maximum Gasteiger partial charge on any atom is 0.307 e. The van der Waals surface area contributed by atoms with Gasteiger partial charge in [-0.3, -0.25) is 19.1 Å². The number of aromatic nitrogens is 2. The fraction of sp³-hybridized carbons (Fsp3) is 0.600. The van der Waals surface area contributed by atoms with Gasteiger partial charge in [-0.1, -0.05) is 25.0 Å². The van der Waals surface area contributed by atoms with Gasteiger partial charge in [0, 0.05) is 19.3 Å². The van der Waals surface area contributed by atoms with Gasteiger partial charge in [-0.05, 0) is 39.5 Å². The second kappa shape index (κ2) is 9.03. The number of carbonyl (C=O) groups is 3. The molecule has 2 rings (SSSR count). The van der Waals surface area contributed by atoms with Crippen molar-refractivity contribution in [3.05, 3.63) is 23.0 Å². The first-order chi connectivity index (χ1) is 13.1. The van der Waals surface area contributed by atoms with E-state index in [0.717, 1.165) is 11.1 Å². The van der Waals surface area contributed by atoms with Gasteiger partial charge in [-0.25, -0.2) is 0 Å². The number of carboxylic acid groups (broad SMARTS) is 1. The number of allylic oxidation sites excluding steroid dienone is 2. The van der Waals surface area contributed by atoms with Crippen LogP contribution in [-0.4, -0.2) is 39.2 Å². The second-order valence-electron chi connectivity index (χ2n) is 7.86. The quantitative estimate of drug-likeness (QED) is 0.620. The summed E-state index contributed by atoms with van der Waals surface area (Å²) in [5.41, 5.74) is 2.50. The minimum atomic E-state index is -0.980. The Kier molecular flexibility index (Phi) is 6.99. The van der Waals surface area contributed by atoms with E-state index in [2.05, 4.69) is 15.7 Å². The molecule has 0 aromatic carbocycles. The van der Waals surface area contributed by atoms with Crippen LogP contribution < -0.4 is 10.6 Å². The summed E-state index contributed by atoms with van der Waals surface area (Å²) in [6.07, 6.45) is 2.36. The summed E-state index contributed by atoms with van der Waals surface area (Å²) >= 11 is 0. The average molecular weight is 390 g/mol. The number of hydrogen-bond donors (Lipinski definition) is 3.